The van der Waals surface area contributed by atoms with Crippen molar-refractivity contribution in [1.82, 2.24) is 5.32 Å². The van der Waals surface area contributed by atoms with Crippen molar-refractivity contribution in [3.63, 3.8) is 0 Å². The Morgan fingerprint density at radius 1 is 1.52 bits per heavy atom. The van der Waals surface area contributed by atoms with Crippen LogP contribution >= 0.6 is 0 Å². The molecule has 116 valence electrons. The Bertz CT molecular complexity index is 493. The average Bonchev–Trinajstić information content (AvgIpc) is 2.52. The maximum Gasteiger partial charge on any atom is 0.311 e. The maximum absolute atomic E-state index is 11.1. The number of nitrogens with zero attached hydrogens (tertiary/aromatic N) is 2. The molecule has 0 spiro atoms. The standard InChI is InChI=1S/C15H23N3O3/c1-3-9-21-15-10-13(6-7-14(15)18(19)20)17-8-4-5-12(11-17)16-2/h6-7,10,12,16H,3-5,8-9,11H2,1-2H3. The summed E-state index contributed by atoms with van der Waals surface area (Å²) >= 11 is 0. The Hall–Kier alpha value is -1.82. The van der Waals surface area contributed by atoms with E-state index in [2.05, 4.69) is 10.2 Å². The lowest BCUT2D eigenvalue weighted by atomic mass is 10.0. The number of ether oxygens (including phenoxy) is 1. The summed E-state index contributed by atoms with van der Waals surface area (Å²) in [4.78, 5) is 12.9. The van der Waals surface area contributed by atoms with Gasteiger partial charge in [-0.2, -0.15) is 0 Å². The molecule has 0 aliphatic carbocycles. The number of piperidine rings is 1. The number of likely N-dealkylation sites (N-methyl/N-ethyl adjacent to an activating group) is 1. The SMILES string of the molecule is CCCOc1cc(N2CCCC(NC)C2)ccc1[N+](=O)[O-]. The van der Waals surface area contributed by atoms with E-state index < -0.39 is 0 Å². The van der Waals surface area contributed by atoms with Gasteiger partial charge in [0.05, 0.1) is 11.5 Å². The number of rotatable bonds is 6. The molecule has 1 saturated heterocycles. The zero-order valence-corrected chi connectivity index (χ0v) is 12.7. The fourth-order valence-corrected chi connectivity index (χ4v) is 2.63. The summed E-state index contributed by atoms with van der Waals surface area (Å²) in [5.74, 6) is 0.367. The van der Waals surface area contributed by atoms with Gasteiger partial charge in [0.1, 0.15) is 0 Å². The van der Waals surface area contributed by atoms with Crippen molar-refractivity contribution in [2.45, 2.75) is 32.2 Å². The van der Waals surface area contributed by atoms with Crippen LogP contribution in [0, 0.1) is 10.1 Å². The van der Waals surface area contributed by atoms with Crippen molar-refractivity contribution in [2.24, 2.45) is 0 Å². The molecule has 1 N–H and O–H groups in total. The summed E-state index contributed by atoms with van der Waals surface area (Å²) in [5, 5.41) is 14.4. The molecule has 2 rings (SSSR count). The molecule has 0 amide bonds. The summed E-state index contributed by atoms with van der Waals surface area (Å²) in [6.07, 6.45) is 3.11. The number of hydrogen-bond acceptors (Lipinski definition) is 5. The summed E-state index contributed by atoms with van der Waals surface area (Å²) in [6.45, 7) is 4.37. The molecule has 0 bridgehead atoms. The van der Waals surface area contributed by atoms with E-state index in [0.29, 0.717) is 18.4 Å². The zero-order chi connectivity index (χ0) is 15.2. The highest BCUT2D eigenvalue weighted by molar-refractivity contribution is 5.59. The molecule has 0 saturated carbocycles. The van der Waals surface area contributed by atoms with Crippen molar-refractivity contribution in [3.8, 4) is 5.75 Å². The minimum absolute atomic E-state index is 0.0365. The van der Waals surface area contributed by atoms with Crippen LogP contribution in [-0.4, -0.2) is 37.7 Å². The van der Waals surface area contributed by atoms with Crippen LogP contribution in [0.5, 0.6) is 5.75 Å². The first kappa shape index (κ1) is 15.6. The highest BCUT2D eigenvalue weighted by Crippen LogP contribution is 2.32. The van der Waals surface area contributed by atoms with Gasteiger partial charge in [0.15, 0.2) is 5.75 Å². The van der Waals surface area contributed by atoms with Crippen LogP contribution in [0.4, 0.5) is 11.4 Å². The van der Waals surface area contributed by atoms with Crippen LogP contribution in [0.25, 0.3) is 0 Å². The summed E-state index contributed by atoms with van der Waals surface area (Å²) in [7, 11) is 1.97. The van der Waals surface area contributed by atoms with E-state index in [-0.39, 0.29) is 10.6 Å². The summed E-state index contributed by atoms with van der Waals surface area (Å²) in [6, 6.07) is 5.62. The van der Waals surface area contributed by atoms with Crippen molar-refractivity contribution in [1.29, 1.82) is 0 Å². The molecule has 1 aromatic carbocycles. The smallest absolute Gasteiger partial charge is 0.311 e. The van der Waals surface area contributed by atoms with Crippen molar-refractivity contribution >= 4 is 11.4 Å². The molecule has 1 heterocycles. The molecule has 1 aliphatic heterocycles. The minimum Gasteiger partial charge on any atom is -0.487 e. The molecule has 1 atom stereocenters. The van der Waals surface area contributed by atoms with Crippen LogP contribution in [-0.2, 0) is 0 Å². The van der Waals surface area contributed by atoms with Gasteiger partial charge in [-0.05, 0) is 32.4 Å². The Morgan fingerprint density at radius 2 is 2.33 bits per heavy atom. The number of nitro benzene ring substituents is 1. The van der Waals surface area contributed by atoms with E-state index in [1.165, 1.54) is 6.42 Å². The monoisotopic (exact) mass is 293 g/mol. The number of anilines is 1. The van der Waals surface area contributed by atoms with E-state index in [1.807, 2.05) is 20.0 Å². The Morgan fingerprint density at radius 3 is 3.00 bits per heavy atom. The number of benzene rings is 1. The van der Waals surface area contributed by atoms with Crippen LogP contribution in [0.1, 0.15) is 26.2 Å². The van der Waals surface area contributed by atoms with Gasteiger partial charge in [0.25, 0.3) is 0 Å². The lowest BCUT2D eigenvalue weighted by Gasteiger charge is -2.34. The molecular formula is C15H23N3O3. The molecule has 1 fully saturated rings. The minimum atomic E-state index is -0.388. The molecule has 21 heavy (non-hydrogen) atoms. The van der Waals surface area contributed by atoms with E-state index in [0.717, 1.165) is 31.6 Å². The highest BCUT2D eigenvalue weighted by atomic mass is 16.6. The Balaban J connectivity index is 2.21. The van der Waals surface area contributed by atoms with Gasteiger partial charge >= 0.3 is 5.69 Å². The van der Waals surface area contributed by atoms with E-state index >= 15 is 0 Å². The lowest BCUT2D eigenvalue weighted by molar-refractivity contribution is -0.385. The highest BCUT2D eigenvalue weighted by Gasteiger charge is 2.22. The fourth-order valence-electron chi connectivity index (χ4n) is 2.63. The predicted molar refractivity (Wildman–Crippen MR) is 83.2 cm³/mol. The van der Waals surface area contributed by atoms with Crippen LogP contribution in [0.15, 0.2) is 18.2 Å². The molecule has 1 unspecified atom stereocenters. The van der Waals surface area contributed by atoms with E-state index in [1.54, 1.807) is 12.1 Å². The largest absolute Gasteiger partial charge is 0.487 e. The van der Waals surface area contributed by atoms with Crippen LogP contribution < -0.4 is 15.0 Å². The molecule has 0 radical (unpaired) electrons. The Labute approximate surface area is 125 Å². The Kier molecular flexibility index (Phi) is 5.38. The zero-order valence-electron chi connectivity index (χ0n) is 12.7. The lowest BCUT2D eigenvalue weighted by Crippen LogP contribution is -2.44. The molecule has 6 heteroatoms. The normalized spacial score (nSPS) is 18.6. The van der Waals surface area contributed by atoms with Crippen LogP contribution in [0.2, 0.25) is 0 Å². The second-order valence-corrected chi connectivity index (χ2v) is 5.33. The summed E-state index contributed by atoms with van der Waals surface area (Å²) in [5.41, 5.74) is 1.03. The first-order valence-corrected chi connectivity index (χ1v) is 7.49. The van der Waals surface area contributed by atoms with Crippen molar-refractivity contribution < 1.29 is 9.66 Å². The number of nitrogens with one attached hydrogen (secondary N) is 1. The van der Waals surface area contributed by atoms with Gasteiger partial charge in [-0.1, -0.05) is 6.92 Å². The second kappa shape index (κ2) is 7.26. The third-order valence-electron chi connectivity index (χ3n) is 3.80. The van der Waals surface area contributed by atoms with Gasteiger partial charge in [0.2, 0.25) is 0 Å². The third kappa shape index (κ3) is 3.85. The van der Waals surface area contributed by atoms with Gasteiger partial charge in [-0.25, -0.2) is 0 Å². The molecule has 1 aromatic rings. The second-order valence-electron chi connectivity index (χ2n) is 5.33. The molecule has 1 aliphatic rings. The molecule has 0 aromatic heterocycles. The molecular weight excluding hydrogens is 270 g/mol. The van der Waals surface area contributed by atoms with E-state index in [9.17, 15) is 10.1 Å². The van der Waals surface area contributed by atoms with Gasteiger partial charge in [-0.15, -0.1) is 0 Å². The quantitative estimate of drug-likeness (QED) is 0.645. The van der Waals surface area contributed by atoms with Gasteiger partial charge in [0, 0.05) is 37.0 Å². The first-order chi connectivity index (χ1) is 10.2. The van der Waals surface area contributed by atoms with Gasteiger partial charge in [-0.3, -0.25) is 10.1 Å². The van der Waals surface area contributed by atoms with Crippen molar-refractivity contribution in [2.75, 3.05) is 31.6 Å². The maximum atomic E-state index is 11.1. The van der Waals surface area contributed by atoms with Gasteiger partial charge < -0.3 is 15.0 Å². The van der Waals surface area contributed by atoms with E-state index in [4.69, 9.17) is 4.74 Å². The van der Waals surface area contributed by atoms with Crippen molar-refractivity contribution in [3.05, 3.63) is 28.3 Å². The third-order valence-corrected chi connectivity index (χ3v) is 3.80. The number of hydrogen-bond donors (Lipinski definition) is 1. The average molecular weight is 293 g/mol. The fraction of sp³-hybridized carbons (Fsp3) is 0.600. The topological polar surface area (TPSA) is 67.6 Å². The van der Waals surface area contributed by atoms with Crippen LogP contribution in [0.3, 0.4) is 0 Å². The predicted octanol–water partition coefficient (Wildman–Crippen LogP) is 2.57. The summed E-state index contributed by atoms with van der Waals surface area (Å²) < 4.78 is 5.55. The first-order valence-electron chi connectivity index (χ1n) is 7.49. The molecule has 6 nitrogen and oxygen atoms in total. The number of nitro groups is 1.